The zero-order valence-electron chi connectivity index (χ0n) is 17.8. The first-order chi connectivity index (χ1) is 15.6. The van der Waals surface area contributed by atoms with Crippen molar-refractivity contribution in [2.75, 3.05) is 5.73 Å². The Morgan fingerprint density at radius 1 is 1.12 bits per heavy atom. The fourth-order valence-corrected chi connectivity index (χ4v) is 3.78. The van der Waals surface area contributed by atoms with Gasteiger partial charge >= 0.3 is 12.1 Å². The van der Waals surface area contributed by atoms with E-state index in [1.807, 2.05) is 0 Å². The molecule has 0 radical (unpaired) electrons. The summed E-state index contributed by atoms with van der Waals surface area (Å²) in [6, 6.07) is 9.00. The number of carboxylic acid groups (broad SMARTS) is 1. The highest BCUT2D eigenvalue weighted by atomic mass is 19.4. The summed E-state index contributed by atoms with van der Waals surface area (Å²) < 4.78 is 45.0. The van der Waals surface area contributed by atoms with Gasteiger partial charge in [-0.25, -0.2) is 4.79 Å². The number of carbonyl (C=O) groups excluding carboxylic acids is 1. The molecule has 33 heavy (non-hydrogen) atoms. The molecular formula is C24H25F3N2O4. The Balaban J connectivity index is 1.67. The maximum absolute atomic E-state index is 13.2. The molecule has 1 aliphatic rings. The summed E-state index contributed by atoms with van der Waals surface area (Å²) in [6.45, 7) is 0. The third-order valence-electron chi connectivity index (χ3n) is 5.49. The fraction of sp³-hybridized carbons (Fsp3) is 0.333. The summed E-state index contributed by atoms with van der Waals surface area (Å²) >= 11 is 0. The SMILES string of the molecule is Nc1ccc(Oc2ccc(C=C(NC(=O)CCC3CCCC3)C(=O)O)cc2)c(C(F)(F)F)c1. The molecule has 4 N–H and O–H groups in total. The molecule has 1 aliphatic carbocycles. The van der Waals surface area contributed by atoms with Crippen molar-refractivity contribution in [3.05, 3.63) is 59.3 Å². The largest absolute Gasteiger partial charge is 0.477 e. The minimum Gasteiger partial charge on any atom is -0.477 e. The predicted octanol–water partition coefficient (Wildman–Crippen LogP) is 5.59. The zero-order chi connectivity index (χ0) is 24.0. The van der Waals surface area contributed by atoms with Crippen LogP contribution in [-0.4, -0.2) is 17.0 Å². The molecule has 3 rings (SSSR count). The van der Waals surface area contributed by atoms with E-state index >= 15 is 0 Å². The lowest BCUT2D eigenvalue weighted by atomic mass is 10.0. The van der Waals surface area contributed by atoms with Gasteiger partial charge in [-0.2, -0.15) is 13.2 Å². The van der Waals surface area contributed by atoms with Crippen LogP contribution >= 0.6 is 0 Å². The van der Waals surface area contributed by atoms with Crippen LogP contribution in [0.5, 0.6) is 11.5 Å². The third kappa shape index (κ3) is 7.00. The number of nitrogen functional groups attached to an aromatic ring is 1. The van der Waals surface area contributed by atoms with Crippen molar-refractivity contribution < 1.29 is 32.6 Å². The number of aliphatic carboxylic acids is 1. The number of hydrogen-bond donors (Lipinski definition) is 3. The minimum atomic E-state index is -4.64. The third-order valence-corrected chi connectivity index (χ3v) is 5.49. The summed E-state index contributed by atoms with van der Waals surface area (Å²) in [5.74, 6) is -1.42. The number of amides is 1. The fourth-order valence-electron chi connectivity index (χ4n) is 3.78. The normalized spacial score (nSPS) is 14.8. The lowest BCUT2D eigenvalue weighted by molar-refractivity contribution is -0.138. The van der Waals surface area contributed by atoms with Crippen LogP contribution < -0.4 is 15.8 Å². The summed E-state index contributed by atoms with van der Waals surface area (Å²) in [5.41, 5.74) is 4.57. The lowest BCUT2D eigenvalue weighted by Gasteiger charge is -2.14. The van der Waals surface area contributed by atoms with Gasteiger partial charge in [-0.15, -0.1) is 0 Å². The Morgan fingerprint density at radius 2 is 1.79 bits per heavy atom. The van der Waals surface area contributed by atoms with E-state index in [-0.39, 0.29) is 29.5 Å². The van der Waals surface area contributed by atoms with Crippen LogP contribution in [0, 0.1) is 5.92 Å². The second-order valence-corrected chi connectivity index (χ2v) is 8.02. The average Bonchev–Trinajstić information content (AvgIpc) is 3.27. The predicted molar refractivity (Wildman–Crippen MR) is 117 cm³/mol. The molecule has 0 atom stereocenters. The Morgan fingerprint density at radius 3 is 2.39 bits per heavy atom. The second-order valence-electron chi connectivity index (χ2n) is 8.02. The number of anilines is 1. The molecule has 2 aromatic rings. The van der Waals surface area contributed by atoms with Crippen LogP contribution in [0.1, 0.15) is 49.7 Å². The number of carboxylic acids is 1. The van der Waals surface area contributed by atoms with Gasteiger partial charge < -0.3 is 20.9 Å². The molecule has 1 saturated carbocycles. The molecule has 2 aromatic carbocycles. The van der Waals surface area contributed by atoms with Gasteiger partial charge in [-0.05, 0) is 54.3 Å². The molecule has 176 valence electrons. The minimum absolute atomic E-state index is 0.0401. The molecule has 0 aliphatic heterocycles. The molecule has 6 nitrogen and oxygen atoms in total. The molecule has 0 heterocycles. The van der Waals surface area contributed by atoms with Crippen molar-refractivity contribution in [2.45, 2.75) is 44.7 Å². The Kier molecular flexibility index (Phi) is 7.63. The van der Waals surface area contributed by atoms with Crippen molar-refractivity contribution >= 4 is 23.6 Å². The van der Waals surface area contributed by atoms with Crippen LogP contribution in [0.4, 0.5) is 18.9 Å². The first kappa shape index (κ1) is 24.2. The van der Waals surface area contributed by atoms with Crippen molar-refractivity contribution in [3.8, 4) is 11.5 Å². The van der Waals surface area contributed by atoms with Crippen LogP contribution in [0.25, 0.3) is 6.08 Å². The van der Waals surface area contributed by atoms with Gasteiger partial charge in [-0.1, -0.05) is 37.8 Å². The van der Waals surface area contributed by atoms with E-state index in [0.29, 0.717) is 11.5 Å². The van der Waals surface area contributed by atoms with E-state index in [1.54, 1.807) is 0 Å². The smallest absolute Gasteiger partial charge is 0.420 e. The molecule has 1 fully saturated rings. The number of alkyl halides is 3. The van der Waals surface area contributed by atoms with Gasteiger partial charge in [0, 0.05) is 12.1 Å². The van der Waals surface area contributed by atoms with E-state index < -0.39 is 23.5 Å². The van der Waals surface area contributed by atoms with Crippen LogP contribution in [0.15, 0.2) is 48.2 Å². The van der Waals surface area contributed by atoms with E-state index in [4.69, 9.17) is 10.5 Å². The number of nitrogens with one attached hydrogen (secondary N) is 1. The van der Waals surface area contributed by atoms with E-state index in [9.17, 15) is 27.9 Å². The molecule has 0 unspecified atom stereocenters. The average molecular weight is 462 g/mol. The van der Waals surface area contributed by atoms with E-state index in [2.05, 4.69) is 5.32 Å². The van der Waals surface area contributed by atoms with Crippen molar-refractivity contribution in [1.29, 1.82) is 0 Å². The first-order valence-electron chi connectivity index (χ1n) is 10.6. The first-order valence-corrected chi connectivity index (χ1v) is 10.6. The number of nitrogens with two attached hydrogens (primary N) is 1. The lowest BCUT2D eigenvalue weighted by Crippen LogP contribution is -2.27. The van der Waals surface area contributed by atoms with Gasteiger partial charge in [0.15, 0.2) is 0 Å². The van der Waals surface area contributed by atoms with Crippen molar-refractivity contribution in [3.63, 3.8) is 0 Å². The quantitative estimate of drug-likeness (QED) is 0.351. The summed E-state index contributed by atoms with van der Waals surface area (Å²) in [6.07, 6.45) is 2.17. The molecule has 0 saturated heterocycles. The number of ether oxygens (including phenoxy) is 1. The molecule has 0 bridgehead atoms. The topological polar surface area (TPSA) is 102 Å². The van der Waals surface area contributed by atoms with Gasteiger partial charge in [0.05, 0.1) is 0 Å². The molecule has 0 aromatic heterocycles. The molecule has 0 spiro atoms. The van der Waals surface area contributed by atoms with Gasteiger partial charge in [0.2, 0.25) is 5.91 Å². The monoisotopic (exact) mass is 462 g/mol. The highest BCUT2D eigenvalue weighted by Crippen LogP contribution is 2.39. The Bertz CT molecular complexity index is 1030. The summed E-state index contributed by atoms with van der Waals surface area (Å²) in [4.78, 5) is 23.7. The second kappa shape index (κ2) is 10.4. The number of benzene rings is 2. The van der Waals surface area contributed by atoms with Gasteiger partial charge in [0.25, 0.3) is 0 Å². The molecule has 1 amide bonds. The number of hydrogen-bond acceptors (Lipinski definition) is 4. The summed E-state index contributed by atoms with van der Waals surface area (Å²) in [5, 5.41) is 11.8. The molecule has 9 heteroatoms. The highest BCUT2D eigenvalue weighted by molar-refractivity contribution is 5.96. The number of rotatable bonds is 8. The number of carbonyl (C=O) groups is 2. The maximum atomic E-state index is 13.2. The summed E-state index contributed by atoms with van der Waals surface area (Å²) in [7, 11) is 0. The van der Waals surface area contributed by atoms with Crippen molar-refractivity contribution in [1.82, 2.24) is 5.32 Å². The highest BCUT2D eigenvalue weighted by Gasteiger charge is 2.34. The van der Waals surface area contributed by atoms with Gasteiger partial charge in [-0.3, -0.25) is 4.79 Å². The van der Waals surface area contributed by atoms with E-state index in [0.717, 1.165) is 31.4 Å². The molecular weight excluding hydrogens is 437 g/mol. The van der Waals surface area contributed by atoms with Crippen LogP contribution in [-0.2, 0) is 15.8 Å². The Hall–Kier alpha value is -3.49. The zero-order valence-corrected chi connectivity index (χ0v) is 17.8. The maximum Gasteiger partial charge on any atom is 0.420 e. The van der Waals surface area contributed by atoms with Gasteiger partial charge in [0.1, 0.15) is 22.8 Å². The van der Waals surface area contributed by atoms with Crippen molar-refractivity contribution in [2.24, 2.45) is 5.92 Å². The number of halogens is 3. The van der Waals surface area contributed by atoms with Crippen LogP contribution in [0.3, 0.4) is 0 Å². The standard InChI is InChI=1S/C24H25F3N2O4/c25-24(26,27)19-14-17(28)8-11-21(19)33-18-9-5-16(6-10-18)13-20(23(31)32)29-22(30)12-7-15-3-1-2-4-15/h5-6,8-11,13-15H,1-4,7,12,28H2,(H,29,30)(H,31,32). The van der Waals surface area contributed by atoms with E-state index in [1.165, 1.54) is 49.2 Å². The Labute approximate surface area is 189 Å². The van der Waals surface area contributed by atoms with Crippen LogP contribution in [0.2, 0.25) is 0 Å².